The van der Waals surface area contributed by atoms with Crippen LogP contribution in [0.5, 0.6) is 0 Å². The Morgan fingerprint density at radius 2 is 1.50 bits per heavy atom. The van der Waals surface area contributed by atoms with E-state index in [9.17, 15) is 9.59 Å². The number of amides is 2. The van der Waals surface area contributed by atoms with Crippen molar-refractivity contribution in [2.75, 3.05) is 0 Å². The van der Waals surface area contributed by atoms with Crippen LogP contribution in [0.3, 0.4) is 0 Å². The summed E-state index contributed by atoms with van der Waals surface area (Å²) < 4.78 is 0. The van der Waals surface area contributed by atoms with E-state index in [0.717, 1.165) is 11.1 Å². The maximum Gasteiger partial charge on any atom is 0.243 e. The van der Waals surface area contributed by atoms with Crippen LogP contribution in [0, 0.1) is 0 Å². The van der Waals surface area contributed by atoms with Crippen LogP contribution in [-0.4, -0.2) is 28.3 Å². The highest BCUT2D eigenvalue weighted by atomic mass is 35.5. The van der Waals surface area contributed by atoms with Crippen LogP contribution in [0.4, 0.5) is 0 Å². The summed E-state index contributed by atoms with van der Waals surface area (Å²) in [7, 11) is 0. The molecule has 0 radical (unpaired) electrons. The van der Waals surface area contributed by atoms with Gasteiger partial charge in [-0.2, -0.15) is 0 Å². The van der Waals surface area contributed by atoms with Gasteiger partial charge < -0.3 is 10.2 Å². The molecule has 4 nitrogen and oxygen atoms in total. The van der Waals surface area contributed by atoms with Crippen molar-refractivity contribution in [3.05, 3.63) is 69.7 Å². The van der Waals surface area contributed by atoms with E-state index in [1.165, 1.54) is 0 Å². The fraction of sp³-hybridized carbons (Fsp3) is 0.417. The standard InChI is InChI=1S/C24H30Cl2N2O2/c1-5-21(23(30)27-24(2,3)4)28(16-18-11-7-9-13-20(18)26)22(29)15-14-17-10-6-8-12-19(17)25/h6-13,21H,5,14-16H2,1-4H3,(H,27,30)/t21-/m0/s1. The lowest BCUT2D eigenvalue weighted by atomic mass is 10.0. The molecule has 0 bridgehead atoms. The van der Waals surface area contributed by atoms with Crippen molar-refractivity contribution >= 4 is 35.0 Å². The van der Waals surface area contributed by atoms with Gasteiger partial charge in [-0.25, -0.2) is 0 Å². The van der Waals surface area contributed by atoms with Crippen LogP contribution in [0.25, 0.3) is 0 Å². The largest absolute Gasteiger partial charge is 0.350 e. The summed E-state index contributed by atoms with van der Waals surface area (Å²) in [5.41, 5.74) is 1.34. The molecule has 0 saturated carbocycles. The van der Waals surface area contributed by atoms with Gasteiger partial charge in [0, 0.05) is 28.5 Å². The molecule has 0 aliphatic carbocycles. The van der Waals surface area contributed by atoms with Crippen molar-refractivity contribution in [2.45, 2.75) is 65.1 Å². The molecule has 2 rings (SSSR count). The second kappa shape index (κ2) is 10.8. The van der Waals surface area contributed by atoms with E-state index in [1.54, 1.807) is 11.0 Å². The minimum atomic E-state index is -0.584. The maximum atomic E-state index is 13.3. The number of aryl methyl sites for hydroxylation is 1. The molecule has 0 saturated heterocycles. The molecule has 2 aromatic carbocycles. The number of nitrogens with one attached hydrogen (secondary N) is 1. The molecule has 0 unspecified atom stereocenters. The van der Waals surface area contributed by atoms with E-state index in [4.69, 9.17) is 23.2 Å². The second-order valence-electron chi connectivity index (χ2n) is 8.37. The first-order valence-electron chi connectivity index (χ1n) is 10.2. The summed E-state index contributed by atoms with van der Waals surface area (Å²) in [6, 6.07) is 14.3. The zero-order valence-electron chi connectivity index (χ0n) is 18.0. The Morgan fingerprint density at radius 1 is 0.967 bits per heavy atom. The highest BCUT2D eigenvalue weighted by Gasteiger charge is 2.30. The lowest BCUT2D eigenvalue weighted by Gasteiger charge is -2.33. The quantitative estimate of drug-likeness (QED) is 0.566. The Balaban J connectivity index is 2.27. The highest BCUT2D eigenvalue weighted by molar-refractivity contribution is 6.31. The molecule has 6 heteroatoms. The number of carbonyl (C=O) groups is 2. The zero-order valence-corrected chi connectivity index (χ0v) is 19.6. The Kier molecular flexibility index (Phi) is 8.75. The zero-order chi connectivity index (χ0) is 22.3. The summed E-state index contributed by atoms with van der Waals surface area (Å²) >= 11 is 12.6. The molecule has 30 heavy (non-hydrogen) atoms. The van der Waals surface area contributed by atoms with E-state index in [2.05, 4.69) is 5.32 Å². The average Bonchev–Trinajstić information content (AvgIpc) is 2.67. The van der Waals surface area contributed by atoms with E-state index in [-0.39, 0.29) is 30.3 Å². The van der Waals surface area contributed by atoms with E-state index in [1.807, 2.05) is 70.2 Å². The molecule has 0 aliphatic rings. The second-order valence-corrected chi connectivity index (χ2v) is 9.18. The molecule has 1 N–H and O–H groups in total. The molecule has 0 aliphatic heterocycles. The van der Waals surface area contributed by atoms with Gasteiger partial charge in [0.2, 0.25) is 11.8 Å². The first kappa shape index (κ1) is 24.2. The molecule has 0 spiro atoms. The molecular weight excluding hydrogens is 419 g/mol. The molecule has 1 atom stereocenters. The predicted molar refractivity (Wildman–Crippen MR) is 124 cm³/mol. The van der Waals surface area contributed by atoms with Crippen molar-refractivity contribution in [2.24, 2.45) is 0 Å². The van der Waals surface area contributed by atoms with Gasteiger partial charge in [0.25, 0.3) is 0 Å². The third kappa shape index (κ3) is 7.03. The van der Waals surface area contributed by atoms with Gasteiger partial charge in [0.05, 0.1) is 0 Å². The van der Waals surface area contributed by atoms with Crippen LogP contribution < -0.4 is 5.32 Å². The van der Waals surface area contributed by atoms with Crippen LogP contribution in [0.2, 0.25) is 10.0 Å². The van der Waals surface area contributed by atoms with E-state index in [0.29, 0.717) is 22.9 Å². The van der Waals surface area contributed by atoms with Gasteiger partial charge >= 0.3 is 0 Å². The monoisotopic (exact) mass is 448 g/mol. The van der Waals surface area contributed by atoms with Crippen molar-refractivity contribution in [3.63, 3.8) is 0 Å². The highest BCUT2D eigenvalue weighted by Crippen LogP contribution is 2.22. The van der Waals surface area contributed by atoms with Crippen LogP contribution >= 0.6 is 23.2 Å². The normalized spacial score (nSPS) is 12.3. The number of halogens is 2. The summed E-state index contributed by atoms with van der Waals surface area (Å²) in [6.45, 7) is 7.96. The molecule has 0 heterocycles. The third-order valence-corrected chi connectivity index (χ3v) is 5.49. The minimum absolute atomic E-state index is 0.106. The summed E-state index contributed by atoms with van der Waals surface area (Å²) in [6.07, 6.45) is 1.27. The predicted octanol–water partition coefficient (Wildman–Crippen LogP) is 5.65. The number of benzene rings is 2. The molecule has 2 aromatic rings. The number of hydrogen-bond donors (Lipinski definition) is 1. The molecule has 162 valence electrons. The first-order valence-corrected chi connectivity index (χ1v) is 11.0. The Hall–Kier alpha value is -2.04. The van der Waals surface area contributed by atoms with Gasteiger partial charge in [-0.1, -0.05) is 66.5 Å². The van der Waals surface area contributed by atoms with Gasteiger partial charge in [-0.3, -0.25) is 9.59 Å². The summed E-state index contributed by atoms with van der Waals surface area (Å²) in [5.74, 6) is -0.270. The lowest BCUT2D eigenvalue weighted by Crippen LogP contribution is -2.53. The maximum absolute atomic E-state index is 13.3. The number of hydrogen-bond acceptors (Lipinski definition) is 2. The van der Waals surface area contributed by atoms with Gasteiger partial charge in [-0.05, 0) is 56.9 Å². The molecule has 0 fully saturated rings. The van der Waals surface area contributed by atoms with E-state index >= 15 is 0 Å². The van der Waals surface area contributed by atoms with Crippen LogP contribution in [0.1, 0.15) is 51.7 Å². The van der Waals surface area contributed by atoms with Gasteiger partial charge in [0.15, 0.2) is 0 Å². The third-order valence-electron chi connectivity index (χ3n) is 4.75. The Morgan fingerprint density at radius 3 is 2.00 bits per heavy atom. The lowest BCUT2D eigenvalue weighted by molar-refractivity contribution is -0.142. The van der Waals surface area contributed by atoms with Gasteiger partial charge in [0.1, 0.15) is 6.04 Å². The summed E-state index contributed by atoms with van der Waals surface area (Å²) in [4.78, 5) is 27.9. The van der Waals surface area contributed by atoms with E-state index < -0.39 is 6.04 Å². The first-order chi connectivity index (χ1) is 14.1. The topological polar surface area (TPSA) is 49.4 Å². The van der Waals surface area contributed by atoms with Crippen molar-refractivity contribution < 1.29 is 9.59 Å². The Labute approximate surface area is 189 Å². The molecular formula is C24H30Cl2N2O2. The summed E-state index contributed by atoms with van der Waals surface area (Å²) in [5, 5.41) is 4.22. The fourth-order valence-corrected chi connectivity index (χ4v) is 3.69. The SMILES string of the molecule is CC[C@@H](C(=O)NC(C)(C)C)N(Cc1ccccc1Cl)C(=O)CCc1ccccc1Cl. The van der Waals surface area contributed by atoms with Gasteiger partial charge in [-0.15, -0.1) is 0 Å². The molecule has 0 aromatic heterocycles. The van der Waals surface area contributed by atoms with Crippen LogP contribution in [0.15, 0.2) is 48.5 Å². The minimum Gasteiger partial charge on any atom is -0.350 e. The van der Waals surface area contributed by atoms with Crippen molar-refractivity contribution in [3.8, 4) is 0 Å². The average molecular weight is 449 g/mol. The molecule has 2 amide bonds. The van der Waals surface area contributed by atoms with Crippen LogP contribution in [-0.2, 0) is 22.6 Å². The fourth-order valence-electron chi connectivity index (χ4n) is 3.27. The van der Waals surface area contributed by atoms with Crippen molar-refractivity contribution in [1.29, 1.82) is 0 Å². The van der Waals surface area contributed by atoms with Crippen molar-refractivity contribution in [1.82, 2.24) is 10.2 Å². The number of rotatable bonds is 8. The smallest absolute Gasteiger partial charge is 0.243 e. The number of nitrogens with zero attached hydrogens (tertiary/aromatic N) is 1. The number of carbonyl (C=O) groups excluding carboxylic acids is 2. The Bertz CT molecular complexity index is 878.